The molecule has 5 N–H and O–H groups in total. The van der Waals surface area contributed by atoms with Crippen molar-refractivity contribution in [2.24, 2.45) is 11.7 Å². The van der Waals surface area contributed by atoms with Crippen LogP contribution in [0.2, 0.25) is 0 Å². The zero-order valence-electron chi connectivity index (χ0n) is 34.9. The predicted molar refractivity (Wildman–Crippen MR) is 222 cm³/mol. The van der Waals surface area contributed by atoms with Crippen molar-refractivity contribution in [3.05, 3.63) is 107 Å². The van der Waals surface area contributed by atoms with Crippen LogP contribution in [0.1, 0.15) is 81.1 Å². The Labute approximate surface area is 330 Å². The highest BCUT2D eigenvalue weighted by molar-refractivity contribution is 5.94. The monoisotopic (exact) mass is 764 g/mol. The van der Waals surface area contributed by atoms with Crippen LogP contribution in [-0.2, 0) is 23.7 Å². The van der Waals surface area contributed by atoms with Crippen LogP contribution in [0.5, 0.6) is 0 Å². The van der Waals surface area contributed by atoms with Gasteiger partial charge in [-0.3, -0.25) is 4.79 Å². The number of hydrogen-bond donors (Lipinski definition) is 4. The lowest BCUT2D eigenvalue weighted by molar-refractivity contribution is -0.294. The average Bonchev–Trinajstić information content (AvgIpc) is 3.10. The molecule has 0 aromatic heterocycles. The third-order valence-corrected chi connectivity index (χ3v) is 9.95. The van der Waals surface area contributed by atoms with Crippen molar-refractivity contribution in [1.29, 1.82) is 0 Å². The van der Waals surface area contributed by atoms with Crippen molar-refractivity contribution < 1.29 is 34.0 Å². The number of amides is 1. The standard InChI is InChI=1S/C45H69N3O7/c1-30(2)27-36-28-33(5)18-12-11-15-26-45(8,51)39(21-14-13-17-31(3)19-16-20-32(4)22-23-34(6)47-43(36)50)55-44-41(46)42(49)38(29-52-44)54-40-25-24-37(48(9)10)35(7)53-40/h11-22,26,28,30,34-35,37-42,44,49,51H,23-25,27,29,46H2,1-10H3,(H,47,50). The van der Waals surface area contributed by atoms with Gasteiger partial charge in [-0.1, -0.05) is 116 Å². The fraction of sp³-hybridized carbons (Fsp3) is 0.578. The molecule has 3 heterocycles. The first-order valence-electron chi connectivity index (χ1n) is 19.8. The minimum absolute atomic E-state index is 0.0163. The maximum Gasteiger partial charge on any atom is 0.247 e. The van der Waals surface area contributed by atoms with Crippen LogP contribution >= 0.6 is 0 Å². The summed E-state index contributed by atoms with van der Waals surface area (Å²) in [4.78, 5) is 15.4. The number of hydrogen-bond acceptors (Lipinski definition) is 9. The molecule has 10 nitrogen and oxygen atoms in total. The van der Waals surface area contributed by atoms with Crippen molar-refractivity contribution in [2.45, 2.75) is 142 Å². The topological polar surface area (TPSA) is 136 Å². The van der Waals surface area contributed by atoms with Crippen LogP contribution in [0.25, 0.3) is 0 Å². The average molecular weight is 764 g/mol. The normalized spacial score (nSPS) is 33.8. The Morgan fingerprint density at radius 2 is 1.69 bits per heavy atom. The first kappa shape index (κ1) is 46.2. The molecule has 0 radical (unpaired) electrons. The molecule has 10 heteroatoms. The fourth-order valence-electron chi connectivity index (χ4n) is 6.68. The van der Waals surface area contributed by atoms with Gasteiger partial charge >= 0.3 is 0 Å². The second-order valence-electron chi connectivity index (χ2n) is 16.1. The van der Waals surface area contributed by atoms with Crippen LogP contribution in [-0.4, -0.2) is 102 Å². The fourth-order valence-corrected chi connectivity index (χ4v) is 6.68. The van der Waals surface area contributed by atoms with E-state index in [2.05, 4.69) is 30.1 Å². The van der Waals surface area contributed by atoms with Gasteiger partial charge in [0.25, 0.3) is 0 Å². The van der Waals surface area contributed by atoms with E-state index in [-0.39, 0.29) is 24.7 Å². The van der Waals surface area contributed by atoms with E-state index in [1.807, 2.05) is 109 Å². The van der Waals surface area contributed by atoms with Gasteiger partial charge in [-0.2, -0.15) is 0 Å². The van der Waals surface area contributed by atoms with Crippen LogP contribution < -0.4 is 11.1 Å². The molecule has 0 bridgehead atoms. The van der Waals surface area contributed by atoms with E-state index >= 15 is 0 Å². The molecule has 2 saturated heterocycles. The van der Waals surface area contributed by atoms with E-state index < -0.39 is 42.5 Å². The lowest BCUT2D eigenvalue weighted by Gasteiger charge is -2.43. The van der Waals surface area contributed by atoms with Gasteiger partial charge in [-0.25, -0.2) is 0 Å². The van der Waals surface area contributed by atoms with Crippen molar-refractivity contribution in [1.82, 2.24) is 10.2 Å². The summed E-state index contributed by atoms with van der Waals surface area (Å²) < 4.78 is 24.6. The largest absolute Gasteiger partial charge is 0.388 e. The number of likely N-dealkylation sites (N-methyl/N-ethyl adjacent to an activating group) is 1. The number of carbonyl (C=O) groups excluding carboxylic acids is 1. The Balaban J connectivity index is 1.84. The molecular weight excluding hydrogens is 695 g/mol. The highest BCUT2D eigenvalue weighted by atomic mass is 16.7. The Hall–Kier alpha value is -3.19. The molecule has 0 aromatic carbocycles. The minimum atomic E-state index is -1.49. The maximum atomic E-state index is 13.3. The summed E-state index contributed by atoms with van der Waals surface area (Å²) >= 11 is 0. The number of rotatable bonds is 7. The highest BCUT2D eigenvalue weighted by Gasteiger charge is 2.43. The molecule has 10 atom stereocenters. The van der Waals surface area contributed by atoms with Gasteiger partial charge in [-0.05, 0) is 87.2 Å². The number of carbonyl (C=O) groups is 1. The molecule has 3 aliphatic rings. The van der Waals surface area contributed by atoms with Gasteiger partial charge in [0.1, 0.15) is 23.9 Å². The van der Waals surface area contributed by atoms with Gasteiger partial charge in [0.05, 0.1) is 18.8 Å². The molecule has 0 spiro atoms. The molecule has 0 saturated carbocycles. The maximum absolute atomic E-state index is 13.3. The molecular formula is C45H69N3O7. The van der Waals surface area contributed by atoms with Crippen LogP contribution in [0.3, 0.4) is 0 Å². The molecule has 10 unspecified atom stereocenters. The third kappa shape index (κ3) is 15.7. The summed E-state index contributed by atoms with van der Waals surface area (Å²) in [5, 5.41) is 26.1. The molecule has 0 aliphatic carbocycles. The number of aliphatic hydroxyl groups excluding tert-OH is 1. The van der Waals surface area contributed by atoms with Crippen molar-refractivity contribution in [3.63, 3.8) is 0 Å². The van der Waals surface area contributed by atoms with Gasteiger partial charge < -0.3 is 45.1 Å². The van der Waals surface area contributed by atoms with E-state index in [0.717, 1.165) is 35.1 Å². The van der Waals surface area contributed by atoms with Crippen molar-refractivity contribution in [3.8, 4) is 0 Å². The Morgan fingerprint density at radius 1 is 0.982 bits per heavy atom. The number of allylic oxidation sites excluding steroid dienone is 14. The van der Waals surface area contributed by atoms with E-state index in [9.17, 15) is 15.0 Å². The lowest BCUT2D eigenvalue weighted by Crippen LogP contribution is -2.61. The zero-order chi connectivity index (χ0) is 40.7. The van der Waals surface area contributed by atoms with Crippen LogP contribution in [0.4, 0.5) is 0 Å². The molecule has 2 fully saturated rings. The molecule has 1 amide bonds. The number of nitrogens with two attached hydrogens (primary N) is 1. The second-order valence-corrected chi connectivity index (χ2v) is 16.1. The highest BCUT2D eigenvalue weighted by Crippen LogP contribution is 2.28. The minimum Gasteiger partial charge on any atom is -0.388 e. The summed E-state index contributed by atoms with van der Waals surface area (Å²) in [5.74, 6) is 0.261. The second kappa shape index (κ2) is 22.5. The number of nitrogens with one attached hydrogen (secondary N) is 1. The Bertz CT molecular complexity index is 1520. The molecule has 0 aromatic rings. The zero-order valence-corrected chi connectivity index (χ0v) is 34.9. The summed E-state index contributed by atoms with van der Waals surface area (Å²) in [7, 11) is 4.08. The lowest BCUT2D eigenvalue weighted by atomic mass is 9.96. The summed E-state index contributed by atoms with van der Waals surface area (Å²) in [6.07, 6.45) is 25.3. The van der Waals surface area contributed by atoms with E-state index in [0.29, 0.717) is 24.8 Å². The SMILES string of the molecule is CC1=CC=CC(C)=CCC(C)NC(=O)C(CC(C)C)=CC(C)=CC=CC=CC(C)(O)C(OC2OCC(OC3CCC(N(C)C)C(C)O3)C(O)C2N)C=CC=C1. The van der Waals surface area contributed by atoms with Gasteiger partial charge in [0.2, 0.25) is 5.91 Å². The van der Waals surface area contributed by atoms with Crippen molar-refractivity contribution >= 4 is 5.91 Å². The van der Waals surface area contributed by atoms with E-state index in [1.165, 1.54) is 0 Å². The van der Waals surface area contributed by atoms with Crippen molar-refractivity contribution in [2.75, 3.05) is 20.7 Å². The van der Waals surface area contributed by atoms with E-state index in [1.54, 1.807) is 25.2 Å². The quantitative estimate of drug-likeness (QED) is 0.229. The van der Waals surface area contributed by atoms with Gasteiger partial charge in [0, 0.05) is 17.7 Å². The summed E-state index contributed by atoms with van der Waals surface area (Å²) in [6, 6.07) is -0.666. The van der Waals surface area contributed by atoms with Gasteiger partial charge in [-0.15, -0.1) is 0 Å². The molecule has 3 rings (SSSR count). The predicted octanol–water partition coefficient (Wildman–Crippen LogP) is 6.51. The molecule has 3 aliphatic heterocycles. The first-order chi connectivity index (χ1) is 26.0. The smallest absolute Gasteiger partial charge is 0.247 e. The third-order valence-electron chi connectivity index (χ3n) is 9.95. The Kier molecular flexibility index (Phi) is 18.9. The van der Waals surface area contributed by atoms with Crippen LogP contribution in [0, 0.1) is 5.92 Å². The van der Waals surface area contributed by atoms with E-state index in [4.69, 9.17) is 24.7 Å². The number of ether oxygens (including phenoxy) is 4. The van der Waals surface area contributed by atoms with Crippen LogP contribution in [0.15, 0.2) is 107 Å². The number of nitrogens with zero attached hydrogens (tertiary/aromatic N) is 1. The summed E-state index contributed by atoms with van der Waals surface area (Å²) in [6.45, 7) is 16.0. The number of aliphatic hydroxyl groups is 2. The van der Waals surface area contributed by atoms with Gasteiger partial charge in [0.15, 0.2) is 12.6 Å². The molecule has 55 heavy (non-hydrogen) atoms. The summed E-state index contributed by atoms with van der Waals surface area (Å²) in [5.41, 5.74) is 8.80. The first-order valence-corrected chi connectivity index (χ1v) is 19.8. The molecule has 306 valence electrons. The Morgan fingerprint density at radius 3 is 2.38 bits per heavy atom.